The molecule has 14 heavy (non-hydrogen) atoms. The van der Waals surface area contributed by atoms with Gasteiger partial charge in [-0.05, 0) is 38.7 Å². The van der Waals surface area contributed by atoms with Crippen molar-refractivity contribution in [2.24, 2.45) is 5.73 Å². The summed E-state index contributed by atoms with van der Waals surface area (Å²) in [7, 11) is 0. The fourth-order valence-corrected chi connectivity index (χ4v) is 1.44. The average Bonchev–Trinajstić information content (AvgIpc) is 2.08. The lowest BCUT2D eigenvalue weighted by Gasteiger charge is -2.18. The molecule has 0 bridgehead atoms. The summed E-state index contributed by atoms with van der Waals surface area (Å²) in [5.41, 5.74) is 5.43. The zero-order valence-corrected chi connectivity index (χ0v) is 10.2. The van der Waals surface area contributed by atoms with E-state index in [4.69, 9.17) is 5.73 Å². The van der Waals surface area contributed by atoms with Crippen molar-refractivity contribution in [2.45, 2.75) is 38.6 Å². The van der Waals surface area contributed by atoms with Crippen LogP contribution in [0.4, 0.5) is 0 Å². The monoisotopic (exact) mass is 218 g/mol. The van der Waals surface area contributed by atoms with Crippen molar-refractivity contribution >= 4 is 17.7 Å². The summed E-state index contributed by atoms with van der Waals surface area (Å²) in [6.45, 7) is 4.36. The highest BCUT2D eigenvalue weighted by atomic mass is 32.2. The molecule has 4 heteroatoms. The lowest BCUT2D eigenvalue weighted by Crippen LogP contribution is -2.45. The molecule has 0 spiro atoms. The Morgan fingerprint density at radius 1 is 1.43 bits per heavy atom. The van der Waals surface area contributed by atoms with Gasteiger partial charge in [-0.2, -0.15) is 11.8 Å². The summed E-state index contributed by atoms with van der Waals surface area (Å²) in [6, 6.07) is 0. The van der Waals surface area contributed by atoms with Crippen LogP contribution >= 0.6 is 11.8 Å². The van der Waals surface area contributed by atoms with Crippen LogP contribution in [0.2, 0.25) is 0 Å². The molecule has 0 aliphatic rings. The van der Waals surface area contributed by atoms with Gasteiger partial charge >= 0.3 is 0 Å². The Morgan fingerprint density at radius 2 is 2.07 bits per heavy atom. The van der Waals surface area contributed by atoms with Crippen LogP contribution in [0.3, 0.4) is 0 Å². The van der Waals surface area contributed by atoms with Gasteiger partial charge in [0.15, 0.2) is 0 Å². The van der Waals surface area contributed by atoms with Crippen molar-refractivity contribution < 1.29 is 4.79 Å². The number of hydrogen-bond donors (Lipinski definition) is 2. The second-order valence-corrected chi connectivity index (χ2v) is 5.20. The third-order valence-corrected chi connectivity index (χ3v) is 2.44. The Kier molecular flexibility index (Phi) is 7.01. The molecule has 0 fully saturated rings. The maximum Gasteiger partial charge on any atom is 0.220 e. The van der Waals surface area contributed by atoms with Crippen LogP contribution in [-0.2, 0) is 4.79 Å². The highest BCUT2D eigenvalue weighted by Crippen LogP contribution is 2.02. The van der Waals surface area contributed by atoms with Gasteiger partial charge in [-0.3, -0.25) is 4.79 Å². The van der Waals surface area contributed by atoms with Gasteiger partial charge < -0.3 is 11.1 Å². The average molecular weight is 218 g/mol. The van der Waals surface area contributed by atoms with Crippen molar-refractivity contribution in [1.29, 1.82) is 0 Å². The van der Waals surface area contributed by atoms with E-state index in [0.29, 0.717) is 13.0 Å². The van der Waals surface area contributed by atoms with Crippen LogP contribution in [0.5, 0.6) is 0 Å². The SMILES string of the molecule is CSCCCCC(=O)NCC(C)(C)N. The first-order valence-electron chi connectivity index (χ1n) is 5.00. The van der Waals surface area contributed by atoms with Gasteiger partial charge in [0.1, 0.15) is 0 Å². The van der Waals surface area contributed by atoms with Gasteiger partial charge in [0, 0.05) is 18.5 Å². The third kappa shape index (κ3) is 9.86. The molecule has 0 saturated carbocycles. The largest absolute Gasteiger partial charge is 0.354 e. The van der Waals surface area contributed by atoms with Crippen molar-refractivity contribution in [3.05, 3.63) is 0 Å². The number of rotatable bonds is 7. The molecule has 0 unspecified atom stereocenters. The Hall–Kier alpha value is -0.220. The summed E-state index contributed by atoms with van der Waals surface area (Å²) in [4.78, 5) is 11.3. The molecule has 1 amide bonds. The van der Waals surface area contributed by atoms with Crippen molar-refractivity contribution in [1.82, 2.24) is 5.32 Å². The number of nitrogens with one attached hydrogen (secondary N) is 1. The minimum Gasteiger partial charge on any atom is -0.354 e. The topological polar surface area (TPSA) is 55.1 Å². The number of carbonyl (C=O) groups is 1. The predicted octanol–water partition coefficient (Wildman–Crippen LogP) is 1.37. The number of thioether (sulfide) groups is 1. The molecule has 3 N–H and O–H groups in total. The van der Waals surface area contributed by atoms with E-state index in [1.54, 1.807) is 0 Å². The molecule has 84 valence electrons. The second kappa shape index (κ2) is 7.12. The quantitative estimate of drug-likeness (QED) is 0.635. The maximum atomic E-state index is 11.3. The molecule has 0 aromatic rings. The highest BCUT2D eigenvalue weighted by Gasteiger charge is 2.11. The lowest BCUT2D eigenvalue weighted by molar-refractivity contribution is -0.121. The Labute approximate surface area is 91.2 Å². The molecular weight excluding hydrogens is 196 g/mol. The van der Waals surface area contributed by atoms with E-state index in [0.717, 1.165) is 18.6 Å². The standard InChI is InChI=1S/C10H22N2OS/c1-10(2,11)8-12-9(13)6-4-5-7-14-3/h4-8,11H2,1-3H3,(H,12,13). The molecule has 0 atom stereocenters. The van der Waals surface area contributed by atoms with Crippen LogP contribution in [0.25, 0.3) is 0 Å². The van der Waals surface area contributed by atoms with Crippen LogP contribution in [-0.4, -0.2) is 30.0 Å². The highest BCUT2D eigenvalue weighted by molar-refractivity contribution is 7.98. The van der Waals surface area contributed by atoms with Gasteiger partial charge in [-0.25, -0.2) is 0 Å². The first-order valence-corrected chi connectivity index (χ1v) is 6.39. The number of unbranched alkanes of at least 4 members (excludes halogenated alkanes) is 1. The van der Waals surface area contributed by atoms with Gasteiger partial charge in [-0.1, -0.05) is 0 Å². The summed E-state index contributed by atoms with van der Waals surface area (Å²) >= 11 is 1.82. The molecule has 0 radical (unpaired) electrons. The number of nitrogens with two attached hydrogens (primary N) is 1. The number of hydrogen-bond acceptors (Lipinski definition) is 3. The van der Waals surface area contributed by atoms with Crippen LogP contribution in [0.1, 0.15) is 33.1 Å². The molecular formula is C10H22N2OS. The van der Waals surface area contributed by atoms with Crippen LogP contribution in [0, 0.1) is 0 Å². The van der Waals surface area contributed by atoms with Crippen molar-refractivity contribution in [3.63, 3.8) is 0 Å². The van der Waals surface area contributed by atoms with E-state index < -0.39 is 0 Å². The molecule has 0 saturated heterocycles. The van der Waals surface area contributed by atoms with Gasteiger partial charge in [-0.15, -0.1) is 0 Å². The smallest absolute Gasteiger partial charge is 0.220 e. The Bertz CT molecular complexity index is 166. The summed E-state index contributed by atoms with van der Waals surface area (Å²) in [6.07, 6.45) is 4.78. The van der Waals surface area contributed by atoms with E-state index in [1.165, 1.54) is 0 Å². The summed E-state index contributed by atoms with van der Waals surface area (Å²) in [5, 5.41) is 2.83. The first-order chi connectivity index (χ1) is 6.45. The zero-order valence-electron chi connectivity index (χ0n) is 9.43. The molecule has 0 aromatic carbocycles. The fraction of sp³-hybridized carbons (Fsp3) is 0.900. The molecule has 0 aliphatic carbocycles. The molecule has 0 aromatic heterocycles. The minimum atomic E-state index is -0.311. The molecule has 0 rings (SSSR count). The van der Waals surface area contributed by atoms with Gasteiger partial charge in [0.25, 0.3) is 0 Å². The van der Waals surface area contributed by atoms with Crippen LogP contribution in [0.15, 0.2) is 0 Å². The van der Waals surface area contributed by atoms with Crippen LogP contribution < -0.4 is 11.1 Å². The fourth-order valence-electron chi connectivity index (χ4n) is 0.947. The number of amides is 1. The predicted molar refractivity (Wildman–Crippen MR) is 63.5 cm³/mol. The van der Waals surface area contributed by atoms with E-state index in [2.05, 4.69) is 11.6 Å². The molecule has 0 aliphatic heterocycles. The summed E-state index contributed by atoms with van der Waals surface area (Å²) < 4.78 is 0. The molecule has 0 heterocycles. The van der Waals surface area contributed by atoms with Gasteiger partial charge in [0.2, 0.25) is 5.91 Å². The molecule has 3 nitrogen and oxygen atoms in total. The minimum absolute atomic E-state index is 0.115. The normalized spacial score (nSPS) is 11.4. The van der Waals surface area contributed by atoms with Crippen molar-refractivity contribution in [2.75, 3.05) is 18.6 Å². The van der Waals surface area contributed by atoms with E-state index in [-0.39, 0.29) is 11.4 Å². The van der Waals surface area contributed by atoms with Crippen molar-refractivity contribution in [3.8, 4) is 0 Å². The van der Waals surface area contributed by atoms with E-state index in [9.17, 15) is 4.79 Å². The Balaban J connectivity index is 3.38. The summed E-state index contributed by atoms with van der Waals surface area (Å²) in [5.74, 6) is 1.25. The maximum absolute atomic E-state index is 11.3. The second-order valence-electron chi connectivity index (χ2n) is 4.22. The van der Waals surface area contributed by atoms with E-state index in [1.807, 2.05) is 25.6 Å². The zero-order chi connectivity index (χ0) is 11.0. The van der Waals surface area contributed by atoms with E-state index >= 15 is 0 Å². The first kappa shape index (κ1) is 13.8. The van der Waals surface area contributed by atoms with Gasteiger partial charge in [0.05, 0.1) is 0 Å². The third-order valence-electron chi connectivity index (χ3n) is 1.74. The number of carbonyl (C=O) groups excluding carboxylic acids is 1. The lowest BCUT2D eigenvalue weighted by atomic mass is 10.1. The Morgan fingerprint density at radius 3 is 2.57 bits per heavy atom.